The predicted molar refractivity (Wildman–Crippen MR) is 117 cm³/mol. The van der Waals surface area contributed by atoms with E-state index in [1.165, 1.54) is 42.4 Å². The van der Waals surface area contributed by atoms with Gasteiger partial charge in [-0.3, -0.25) is 0 Å². The first-order valence-corrected chi connectivity index (χ1v) is 11.3. The van der Waals surface area contributed by atoms with Crippen molar-refractivity contribution in [3.8, 4) is 0 Å². The van der Waals surface area contributed by atoms with E-state index in [2.05, 4.69) is 72.1 Å². The van der Waals surface area contributed by atoms with Gasteiger partial charge in [0.15, 0.2) is 0 Å². The van der Waals surface area contributed by atoms with Crippen LogP contribution in [0.15, 0.2) is 59.8 Å². The standard InChI is InChI=1S/C27H38/c1-8-11-26-21(9-2)18(6)25(10-3)27(26)19(7)23-13-16(4)12-22-17(5)14-20(27)15-24(22)23/h8-11,16-17,19-20,22-24H,2-3,12-15H2,1,4-7H3/b11-8-. The Morgan fingerprint density at radius 3 is 2.22 bits per heavy atom. The fourth-order valence-electron chi connectivity index (χ4n) is 8.34. The van der Waals surface area contributed by atoms with Gasteiger partial charge in [0.25, 0.3) is 0 Å². The van der Waals surface area contributed by atoms with Crippen molar-refractivity contribution in [2.45, 2.75) is 60.3 Å². The molecule has 0 aromatic rings. The molecule has 4 aliphatic rings. The van der Waals surface area contributed by atoms with E-state index in [0.29, 0.717) is 5.92 Å². The molecule has 0 saturated heterocycles. The Bertz CT molecular complexity index is 744. The monoisotopic (exact) mass is 362 g/mol. The maximum atomic E-state index is 4.32. The summed E-state index contributed by atoms with van der Waals surface area (Å²) in [6, 6.07) is 0. The van der Waals surface area contributed by atoms with Gasteiger partial charge in [-0.05, 0) is 103 Å². The molecule has 0 heterocycles. The molecule has 3 fully saturated rings. The first kappa shape index (κ1) is 19.0. The minimum atomic E-state index is 0.152. The highest BCUT2D eigenvalue weighted by Gasteiger charge is 2.62. The zero-order chi connectivity index (χ0) is 19.5. The van der Waals surface area contributed by atoms with Crippen LogP contribution in [0, 0.1) is 46.8 Å². The smallest absolute Gasteiger partial charge is 0.0268 e. The van der Waals surface area contributed by atoms with Gasteiger partial charge in [0.2, 0.25) is 0 Å². The highest BCUT2D eigenvalue weighted by molar-refractivity contribution is 5.64. The van der Waals surface area contributed by atoms with Crippen LogP contribution in [0.1, 0.15) is 60.3 Å². The molecule has 3 saturated carbocycles. The predicted octanol–water partition coefficient (Wildman–Crippen LogP) is 7.52. The largest absolute Gasteiger partial charge is 0.0987 e. The van der Waals surface area contributed by atoms with Crippen molar-refractivity contribution in [2.75, 3.05) is 0 Å². The van der Waals surface area contributed by atoms with Crippen LogP contribution in [0.4, 0.5) is 0 Å². The first-order chi connectivity index (χ1) is 12.9. The summed E-state index contributed by atoms with van der Waals surface area (Å²) in [5.74, 6) is 5.92. The van der Waals surface area contributed by atoms with Crippen LogP contribution < -0.4 is 0 Å². The van der Waals surface area contributed by atoms with Crippen molar-refractivity contribution in [2.24, 2.45) is 46.8 Å². The van der Waals surface area contributed by atoms with Gasteiger partial charge in [0, 0.05) is 5.41 Å². The van der Waals surface area contributed by atoms with Crippen LogP contribution in [0.25, 0.3) is 0 Å². The van der Waals surface area contributed by atoms with Gasteiger partial charge < -0.3 is 0 Å². The molecular weight excluding hydrogens is 324 g/mol. The van der Waals surface area contributed by atoms with Gasteiger partial charge >= 0.3 is 0 Å². The minimum absolute atomic E-state index is 0.152. The Labute approximate surface area is 167 Å². The summed E-state index contributed by atoms with van der Waals surface area (Å²) in [6.07, 6.45) is 14.7. The lowest BCUT2D eigenvalue weighted by Crippen LogP contribution is -2.56. The second-order valence-corrected chi connectivity index (χ2v) is 10.1. The summed E-state index contributed by atoms with van der Waals surface area (Å²) in [5.41, 5.74) is 6.03. The molecule has 0 heteroatoms. The van der Waals surface area contributed by atoms with Crippen LogP contribution in [-0.4, -0.2) is 0 Å². The maximum Gasteiger partial charge on any atom is 0.0268 e. The SMILES string of the molecule is C=CC1=C(/C=C\C)C2(C(C=C)=C1C)C1CC(C)C3CC(C)CC(C3C1)C2C. The van der Waals surface area contributed by atoms with E-state index >= 15 is 0 Å². The molecule has 0 amide bonds. The normalized spacial score (nSPS) is 46.5. The Hall–Kier alpha value is -1.30. The summed E-state index contributed by atoms with van der Waals surface area (Å²) in [4.78, 5) is 0. The number of hydrogen-bond acceptors (Lipinski definition) is 0. The number of rotatable bonds is 3. The Morgan fingerprint density at radius 2 is 1.59 bits per heavy atom. The fourth-order valence-corrected chi connectivity index (χ4v) is 8.34. The summed E-state index contributed by atoms with van der Waals surface area (Å²) in [5, 5.41) is 0. The molecule has 0 aliphatic heterocycles. The third-order valence-electron chi connectivity index (χ3n) is 9.13. The molecule has 4 rings (SSSR count). The fraction of sp³-hybridized carbons (Fsp3) is 0.630. The molecule has 0 aromatic heterocycles. The highest BCUT2D eigenvalue weighted by atomic mass is 14.7. The average Bonchev–Trinajstić information content (AvgIpc) is 2.88. The van der Waals surface area contributed by atoms with Gasteiger partial charge in [-0.1, -0.05) is 58.2 Å². The van der Waals surface area contributed by atoms with Gasteiger partial charge in [0.1, 0.15) is 0 Å². The van der Waals surface area contributed by atoms with Crippen molar-refractivity contribution in [3.63, 3.8) is 0 Å². The summed E-state index contributed by atoms with van der Waals surface area (Å²) < 4.78 is 0. The van der Waals surface area contributed by atoms with Crippen molar-refractivity contribution in [3.05, 3.63) is 59.8 Å². The van der Waals surface area contributed by atoms with Crippen molar-refractivity contribution in [1.29, 1.82) is 0 Å². The van der Waals surface area contributed by atoms with Crippen LogP contribution in [0.2, 0.25) is 0 Å². The van der Waals surface area contributed by atoms with E-state index in [4.69, 9.17) is 0 Å². The van der Waals surface area contributed by atoms with Crippen LogP contribution in [0.5, 0.6) is 0 Å². The molecule has 146 valence electrons. The molecule has 2 bridgehead atoms. The molecule has 0 aromatic carbocycles. The van der Waals surface area contributed by atoms with Crippen LogP contribution in [0.3, 0.4) is 0 Å². The summed E-state index contributed by atoms with van der Waals surface area (Å²) in [6.45, 7) is 20.6. The first-order valence-electron chi connectivity index (χ1n) is 11.3. The second-order valence-electron chi connectivity index (χ2n) is 10.1. The molecule has 0 N–H and O–H groups in total. The van der Waals surface area contributed by atoms with E-state index in [1.54, 1.807) is 5.57 Å². The van der Waals surface area contributed by atoms with E-state index < -0.39 is 0 Å². The lowest BCUT2D eigenvalue weighted by atomic mass is 9.41. The quantitative estimate of drug-likeness (QED) is 0.487. The molecular formula is C27H38. The zero-order valence-corrected chi connectivity index (χ0v) is 18.1. The van der Waals surface area contributed by atoms with Crippen LogP contribution in [-0.2, 0) is 0 Å². The van der Waals surface area contributed by atoms with E-state index in [0.717, 1.165) is 35.5 Å². The number of fused-ring (bicyclic) bond motifs is 2. The van der Waals surface area contributed by atoms with Crippen LogP contribution >= 0.6 is 0 Å². The van der Waals surface area contributed by atoms with Crippen molar-refractivity contribution in [1.82, 2.24) is 0 Å². The van der Waals surface area contributed by atoms with E-state index in [-0.39, 0.29) is 5.41 Å². The second kappa shape index (κ2) is 6.64. The average molecular weight is 363 g/mol. The minimum Gasteiger partial charge on any atom is -0.0987 e. The molecule has 1 spiro atoms. The van der Waals surface area contributed by atoms with Gasteiger partial charge in [-0.25, -0.2) is 0 Å². The van der Waals surface area contributed by atoms with Crippen molar-refractivity contribution < 1.29 is 0 Å². The van der Waals surface area contributed by atoms with Gasteiger partial charge in [-0.15, -0.1) is 0 Å². The third-order valence-corrected chi connectivity index (χ3v) is 9.13. The summed E-state index contributed by atoms with van der Waals surface area (Å²) in [7, 11) is 0. The van der Waals surface area contributed by atoms with Gasteiger partial charge in [-0.2, -0.15) is 0 Å². The van der Waals surface area contributed by atoms with Crippen molar-refractivity contribution >= 4 is 0 Å². The molecule has 0 nitrogen and oxygen atoms in total. The topological polar surface area (TPSA) is 0 Å². The number of hydrogen-bond donors (Lipinski definition) is 0. The molecule has 0 radical (unpaired) electrons. The van der Waals surface area contributed by atoms with E-state index in [1.807, 2.05) is 0 Å². The third kappa shape index (κ3) is 2.34. The lowest BCUT2D eigenvalue weighted by molar-refractivity contribution is -0.105. The Morgan fingerprint density at radius 1 is 0.889 bits per heavy atom. The Kier molecular flexibility index (Phi) is 4.68. The highest BCUT2D eigenvalue weighted by Crippen LogP contribution is 2.70. The zero-order valence-electron chi connectivity index (χ0n) is 18.1. The summed E-state index contributed by atoms with van der Waals surface area (Å²) >= 11 is 0. The number of allylic oxidation sites excluding steroid dienone is 8. The molecule has 8 atom stereocenters. The molecule has 8 unspecified atom stereocenters. The maximum absolute atomic E-state index is 4.32. The molecule has 4 aliphatic carbocycles. The van der Waals surface area contributed by atoms with E-state index in [9.17, 15) is 0 Å². The Balaban J connectivity index is 1.96. The molecule has 27 heavy (non-hydrogen) atoms. The van der Waals surface area contributed by atoms with Gasteiger partial charge in [0.05, 0.1) is 0 Å². The lowest BCUT2D eigenvalue weighted by Gasteiger charge is -2.63.